The molecule has 1 aromatic carbocycles. The molecule has 0 aliphatic carbocycles. The molecule has 0 spiro atoms. The summed E-state index contributed by atoms with van der Waals surface area (Å²) in [5.74, 6) is -0.777. The van der Waals surface area contributed by atoms with E-state index in [0.29, 0.717) is 13.2 Å². The molecule has 0 atom stereocenters. The lowest BCUT2D eigenvalue weighted by Crippen LogP contribution is -2.59. The molecule has 0 unspecified atom stereocenters. The molecule has 3 heteroatoms. The third-order valence-electron chi connectivity index (χ3n) is 4.03. The van der Waals surface area contributed by atoms with Gasteiger partial charge in [-0.05, 0) is 26.3 Å². The van der Waals surface area contributed by atoms with E-state index in [1.54, 1.807) is 13.8 Å². The molecule has 0 amide bonds. The summed E-state index contributed by atoms with van der Waals surface area (Å²) in [5.41, 5.74) is 1.02. The highest BCUT2D eigenvalue weighted by Gasteiger charge is 2.56. The Morgan fingerprint density at radius 2 is 1.82 bits per heavy atom. The first-order valence-electron chi connectivity index (χ1n) is 5.78. The van der Waals surface area contributed by atoms with E-state index in [4.69, 9.17) is 4.74 Å². The van der Waals surface area contributed by atoms with Gasteiger partial charge >= 0.3 is 5.97 Å². The van der Waals surface area contributed by atoms with Crippen molar-refractivity contribution in [2.75, 3.05) is 13.2 Å². The maximum absolute atomic E-state index is 11.4. The number of carboxylic acids is 1. The molecule has 17 heavy (non-hydrogen) atoms. The Morgan fingerprint density at radius 1 is 1.29 bits per heavy atom. The van der Waals surface area contributed by atoms with Crippen LogP contribution < -0.4 is 0 Å². The van der Waals surface area contributed by atoms with Crippen molar-refractivity contribution in [3.8, 4) is 0 Å². The van der Waals surface area contributed by atoms with Gasteiger partial charge in [-0.2, -0.15) is 0 Å². The van der Waals surface area contributed by atoms with Gasteiger partial charge in [-0.3, -0.25) is 4.79 Å². The van der Waals surface area contributed by atoms with E-state index in [1.807, 2.05) is 31.2 Å². The van der Waals surface area contributed by atoms with Crippen LogP contribution in [0.25, 0.3) is 0 Å². The number of aliphatic carboxylic acids is 1. The van der Waals surface area contributed by atoms with E-state index >= 15 is 0 Å². The van der Waals surface area contributed by atoms with E-state index < -0.39 is 16.8 Å². The molecule has 1 saturated heterocycles. The van der Waals surface area contributed by atoms with Gasteiger partial charge < -0.3 is 9.84 Å². The number of carbonyl (C=O) groups is 1. The van der Waals surface area contributed by atoms with Crippen molar-refractivity contribution in [1.29, 1.82) is 0 Å². The van der Waals surface area contributed by atoms with Crippen molar-refractivity contribution in [1.82, 2.24) is 0 Å². The van der Waals surface area contributed by atoms with E-state index in [2.05, 4.69) is 0 Å². The molecule has 1 N–H and O–H groups in total. The zero-order valence-electron chi connectivity index (χ0n) is 10.5. The number of benzene rings is 1. The number of ether oxygens (including phenoxy) is 1. The van der Waals surface area contributed by atoms with Crippen molar-refractivity contribution < 1.29 is 14.6 Å². The van der Waals surface area contributed by atoms with Crippen molar-refractivity contribution in [3.63, 3.8) is 0 Å². The third kappa shape index (κ3) is 1.65. The molecule has 92 valence electrons. The van der Waals surface area contributed by atoms with Crippen LogP contribution in [-0.4, -0.2) is 24.3 Å². The van der Waals surface area contributed by atoms with Crippen molar-refractivity contribution in [3.05, 3.63) is 35.4 Å². The largest absolute Gasteiger partial charge is 0.481 e. The Hall–Kier alpha value is -1.35. The van der Waals surface area contributed by atoms with E-state index in [-0.39, 0.29) is 0 Å². The lowest BCUT2D eigenvalue weighted by atomic mass is 9.60. The first kappa shape index (κ1) is 12.1. The molecule has 0 saturated carbocycles. The Morgan fingerprint density at radius 3 is 2.18 bits per heavy atom. The van der Waals surface area contributed by atoms with Gasteiger partial charge in [0.25, 0.3) is 0 Å². The molecular formula is C14H18O3. The fourth-order valence-electron chi connectivity index (χ4n) is 2.27. The molecule has 1 aliphatic rings. The number of hydrogen-bond donors (Lipinski definition) is 1. The smallest absolute Gasteiger partial charge is 0.310 e. The SMILES string of the molecule is Cc1ccc(C2(C(C)(C)C(=O)O)COC2)cc1. The predicted octanol–water partition coefficient (Wildman–Crippen LogP) is 2.37. The summed E-state index contributed by atoms with van der Waals surface area (Å²) in [6.45, 7) is 6.54. The van der Waals surface area contributed by atoms with Crippen molar-refractivity contribution in [2.24, 2.45) is 5.41 Å². The molecule has 1 aromatic rings. The second kappa shape index (κ2) is 3.84. The summed E-state index contributed by atoms with van der Waals surface area (Å²) >= 11 is 0. The molecule has 3 nitrogen and oxygen atoms in total. The highest BCUT2D eigenvalue weighted by Crippen LogP contribution is 2.47. The summed E-state index contributed by atoms with van der Waals surface area (Å²) < 4.78 is 5.30. The van der Waals surface area contributed by atoms with Crippen LogP contribution in [0.4, 0.5) is 0 Å². The van der Waals surface area contributed by atoms with Crippen LogP contribution in [0.1, 0.15) is 25.0 Å². The Bertz CT molecular complexity index is 427. The standard InChI is InChI=1S/C14H18O3/c1-10-4-6-11(7-5-10)14(8-17-9-14)13(2,3)12(15)16/h4-7H,8-9H2,1-3H3,(H,15,16). The minimum absolute atomic E-state index is 0.396. The lowest BCUT2D eigenvalue weighted by Gasteiger charge is -2.50. The van der Waals surface area contributed by atoms with Crippen LogP contribution in [-0.2, 0) is 14.9 Å². The Kier molecular flexibility index (Phi) is 2.74. The lowest BCUT2D eigenvalue weighted by molar-refractivity contribution is -0.171. The van der Waals surface area contributed by atoms with Crippen LogP contribution in [0.2, 0.25) is 0 Å². The van der Waals surface area contributed by atoms with E-state index in [9.17, 15) is 9.90 Å². The summed E-state index contributed by atoms with van der Waals surface area (Å²) in [7, 11) is 0. The van der Waals surface area contributed by atoms with Crippen LogP contribution in [0, 0.1) is 12.3 Å². The first-order chi connectivity index (χ1) is 7.90. The van der Waals surface area contributed by atoms with Gasteiger partial charge in [0.1, 0.15) is 0 Å². The fourth-order valence-corrected chi connectivity index (χ4v) is 2.27. The van der Waals surface area contributed by atoms with Gasteiger partial charge in [-0.15, -0.1) is 0 Å². The highest BCUT2D eigenvalue weighted by molar-refractivity contribution is 5.76. The molecule has 1 heterocycles. The quantitative estimate of drug-likeness (QED) is 0.873. The van der Waals surface area contributed by atoms with Gasteiger partial charge in [0.05, 0.1) is 24.0 Å². The summed E-state index contributed by atoms with van der Waals surface area (Å²) in [6, 6.07) is 8.08. The molecule has 1 aliphatic heterocycles. The maximum atomic E-state index is 11.4. The minimum atomic E-state index is -0.819. The van der Waals surface area contributed by atoms with Gasteiger partial charge in [0.15, 0.2) is 0 Å². The third-order valence-corrected chi connectivity index (χ3v) is 4.03. The minimum Gasteiger partial charge on any atom is -0.481 e. The predicted molar refractivity (Wildman–Crippen MR) is 65.1 cm³/mol. The average molecular weight is 234 g/mol. The molecule has 0 radical (unpaired) electrons. The van der Waals surface area contributed by atoms with Crippen LogP contribution >= 0.6 is 0 Å². The topological polar surface area (TPSA) is 46.5 Å². The van der Waals surface area contributed by atoms with Crippen molar-refractivity contribution in [2.45, 2.75) is 26.2 Å². The fraction of sp³-hybridized carbons (Fsp3) is 0.500. The van der Waals surface area contributed by atoms with E-state index in [0.717, 1.165) is 5.56 Å². The van der Waals surface area contributed by atoms with Crippen molar-refractivity contribution >= 4 is 5.97 Å². The zero-order valence-corrected chi connectivity index (χ0v) is 10.5. The second-order valence-electron chi connectivity index (χ2n) is 5.37. The van der Waals surface area contributed by atoms with Gasteiger partial charge in [-0.1, -0.05) is 29.8 Å². The summed E-state index contributed by atoms with van der Waals surface area (Å²) in [6.07, 6.45) is 0. The van der Waals surface area contributed by atoms with E-state index in [1.165, 1.54) is 5.56 Å². The van der Waals surface area contributed by atoms with Gasteiger partial charge in [0.2, 0.25) is 0 Å². The number of carboxylic acid groups (broad SMARTS) is 1. The highest BCUT2D eigenvalue weighted by atomic mass is 16.5. The summed E-state index contributed by atoms with van der Waals surface area (Å²) in [5, 5.41) is 9.40. The Balaban J connectivity index is 2.45. The van der Waals surface area contributed by atoms with Crippen LogP contribution in [0.5, 0.6) is 0 Å². The number of rotatable bonds is 3. The zero-order chi connectivity index (χ0) is 12.7. The van der Waals surface area contributed by atoms with Crippen LogP contribution in [0.3, 0.4) is 0 Å². The Labute approximate surface area is 101 Å². The summed E-state index contributed by atoms with van der Waals surface area (Å²) in [4.78, 5) is 11.4. The first-order valence-corrected chi connectivity index (χ1v) is 5.78. The number of hydrogen-bond acceptors (Lipinski definition) is 2. The second-order valence-corrected chi connectivity index (χ2v) is 5.37. The number of aryl methyl sites for hydroxylation is 1. The monoisotopic (exact) mass is 234 g/mol. The molecule has 0 bridgehead atoms. The van der Waals surface area contributed by atoms with Gasteiger partial charge in [-0.25, -0.2) is 0 Å². The van der Waals surface area contributed by atoms with Gasteiger partial charge in [0, 0.05) is 0 Å². The molecule has 0 aromatic heterocycles. The molecule has 1 fully saturated rings. The maximum Gasteiger partial charge on any atom is 0.310 e. The average Bonchev–Trinajstić information content (AvgIpc) is 2.18. The van der Waals surface area contributed by atoms with Crippen LogP contribution in [0.15, 0.2) is 24.3 Å². The molecule has 2 rings (SSSR count). The molecular weight excluding hydrogens is 216 g/mol. The normalized spacial score (nSPS) is 18.5.